The molecule has 3 aromatic heterocycles. The van der Waals surface area contributed by atoms with E-state index in [1.807, 2.05) is 30.3 Å². The van der Waals surface area contributed by atoms with Gasteiger partial charge in [-0.15, -0.1) is 5.10 Å². The predicted molar refractivity (Wildman–Crippen MR) is 105 cm³/mol. The van der Waals surface area contributed by atoms with Crippen molar-refractivity contribution in [2.24, 2.45) is 0 Å². The van der Waals surface area contributed by atoms with Gasteiger partial charge in [-0.2, -0.15) is 5.21 Å². The van der Waals surface area contributed by atoms with Gasteiger partial charge >= 0.3 is 0 Å². The maximum absolute atomic E-state index is 12.6. The van der Waals surface area contributed by atoms with E-state index in [9.17, 15) is 9.59 Å². The number of aromatic nitrogens is 7. The van der Waals surface area contributed by atoms with Gasteiger partial charge in [0.1, 0.15) is 5.69 Å². The number of hydrogen-bond acceptors (Lipinski definition) is 9. The second kappa shape index (κ2) is 9.65. The first-order chi connectivity index (χ1) is 14.6. The Balaban J connectivity index is 0.000000806. The van der Waals surface area contributed by atoms with Crippen molar-refractivity contribution >= 4 is 40.7 Å². The summed E-state index contributed by atoms with van der Waals surface area (Å²) in [6.07, 6.45) is 3.01. The van der Waals surface area contributed by atoms with E-state index >= 15 is 0 Å². The van der Waals surface area contributed by atoms with Gasteiger partial charge in [0.05, 0.1) is 4.88 Å². The van der Waals surface area contributed by atoms with Gasteiger partial charge in [0.2, 0.25) is 0 Å². The van der Waals surface area contributed by atoms with Gasteiger partial charge in [0.25, 0.3) is 24.2 Å². The molecular formula is C16H13N9O4S. The first kappa shape index (κ1) is 20.3. The first-order valence-electron chi connectivity index (χ1n) is 8.12. The molecule has 13 nitrogen and oxygen atoms in total. The van der Waals surface area contributed by atoms with Gasteiger partial charge in [-0.3, -0.25) is 25.0 Å². The van der Waals surface area contributed by atoms with Gasteiger partial charge in [-0.25, -0.2) is 9.97 Å². The van der Waals surface area contributed by atoms with Crippen molar-refractivity contribution in [3.63, 3.8) is 0 Å². The van der Waals surface area contributed by atoms with E-state index in [4.69, 9.17) is 9.90 Å². The van der Waals surface area contributed by atoms with Crippen LogP contribution in [0.5, 0.6) is 0 Å². The Morgan fingerprint density at radius 1 is 1.13 bits per heavy atom. The zero-order valence-electron chi connectivity index (χ0n) is 14.9. The minimum atomic E-state index is -0.523. The van der Waals surface area contributed by atoms with Crippen LogP contribution in [0.4, 0.5) is 11.1 Å². The topological polar surface area (TPSA) is 192 Å². The van der Waals surface area contributed by atoms with Gasteiger partial charge in [-0.1, -0.05) is 46.8 Å². The number of thiazole rings is 1. The summed E-state index contributed by atoms with van der Waals surface area (Å²) in [5, 5.41) is 25.3. The molecule has 4 aromatic rings. The number of amides is 2. The molecule has 0 radical (unpaired) electrons. The fraction of sp³-hybridized carbons (Fsp3) is 0. The molecule has 152 valence electrons. The molecule has 4 rings (SSSR count). The lowest BCUT2D eigenvalue weighted by molar-refractivity contribution is -0.122. The molecule has 0 saturated carbocycles. The number of anilines is 2. The van der Waals surface area contributed by atoms with E-state index in [1.54, 1.807) is 0 Å². The molecule has 2 amide bonds. The molecule has 0 saturated heterocycles. The van der Waals surface area contributed by atoms with E-state index < -0.39 is 11.8 Å². The Kier molecular flexibility index (Phi) is 6.52. The van der Waals surface area contributed by atoms with E-state index in [2.05, 4.69) is 46.2 Å². The number of rotatable bonds is 5. The Labute approximate surface area is 171 Å². The number of carbonyl (C=O) groups excluding carboxylic acids is 2. The molecular weight excluding hydrogens is 414 g/mol. The molecule has 14 heteroatoms. The van der Waals surface area contributed by atoms with Crippen molar-refractivity contribution < 1.29 is 19.5 Å². The van der Waals surface area contributed by atoms with Crippen LogP contribution in [0.1, 0.15) is 21.1 Å². The second-order valence-corrected chi connectivity index (χ2v) is 6.25. The Morgan fingerprint density at radius 2 is 1.90 bits per heavy atom. The fourth-order valence-corrected chi connectivity index (χ4v) is 3.20. The molecule has 0 bridgehead atoms. The average molecular weight is 427 g/mol. The van der Waals surface area contributed by atoms with Gasteiger partial charge < -0.3 is 10.1 Å². The maximum atomic E-state index is 12.6. The molecule has 5 N–H and O–H groups in total. The third kappa shape index (κ3) is 4.87. The largest absolute Gasteiger partial charge is 0.483 e. The van der Waals surface area contributed by atoms with Crippen molar-refractivity contribution in [2.45, 2.75) is 0 Å². The zero-order valence-corrected chi connectivity index (χ0v) is 15.8. The Morgan fingerprint density at radius 3 is 2.53 bits per heavy atom. The summed E-state index contributed by atoms with van der Waals surface area (Å²) in [5.41, 5.74) is 0.914. The highest BCUT2D eigenvalue weighted by molar-refractivity contribution is 7.19. The summed E-state index contributed by atoms with van der Waals surface area (Å²) < 4.78 is 0. The van der Waals surface area contributed by atoms with Gasteiger partial charge in [0.15, 0.2) is 11.0 Å². The summed E-state index contributed by atoms with van der Waals surface area (Å²) >= 11 is 1.17. The number of carbonyl (C=O) groups is 3. The number of H-pyrrole nitrogens is 2. The molecule has 0 unspecified atom stereocenters. The number of benzene rings is 1. The lowest BCUT2D eigenvalue weighted by Crippen LogP contribution is -2.16. The highest BCUT2D eigenvalue weighted by Crippen LogP contribution is 2.33. The molecule has 0 spiro atoms. The average Bonchev–Trinajstić information content (AvgIpc) is 3.51. The fourth-order valence-electron chi connectivity index (χ4n) is 2.23. The minimum absolute atomic E-state index is 0.0215. The number of carboxylic acid groups (broad SMARTS) is 1. The van der Waals surface area contributed by atoms with Gasteiger partial charge in [0, 0.05) is 12.4 Å². The highest BCUT2D eigenvalue weighted by Gasteiger charge is 2.22. The quantitative estimate of drug-likeness (QED) is 0.292. The molecule has 1 aromatic carbocycles. The molecule has 0 atom stereocenters. The predicted octanol–water partition coefficient (Wildman–Crippen LogP) is 1.25. The highest BCUT2D eigenvalue weighted by atomic mass is 32.1. The van der Waals surface area contributed by atoms with Crippen molar-refractivity contribution in [3.8, 4) is 10.4 Å². The number of hydrogen-bond donors (Lipinski definition) is 5. The van der Waals surface area contributed by atoms with Crippen molar-refractivity contribution in [1.29, 1.82) is 0 Å². The van der Waals surface area contributed by atoms with Crippen LogP contribution in [-0.4, -0.2) is 59.0 Å². The van der Waals surface area contributed by atoms with E-state index in [0.29, 0.717) is 4.88 Å². The standard InChI is InChI=1S/C15H11N9O2S.CH2O2/c25-12(19-14-21-23-24-22-14)9-10(8-4-2-1-3-5-8)27-15(18-9)20-13(26)11-16-6-7-17-11;2-1-3/h1-7H,(H,16,17)(H,18,20,26)(H2,19,21,22,23,24,25);1H,(H,2,3). The van der Waals surface area contributed by atoms with Gasteiger partial charge in [-0.05, 0) is 10.8 Å². The van der Waals surface area contributed by atoms with Crippen LogP contribution in [0.25, 0.3) is 10.4 Å². The number of nitrogens with zero attached hydrogens (tertiary/aromatic N) is 5. The molecule has 0 aliphatic carbocycles. The number of aromatic amines is 2. The van der Waals surface area contributed by atoms with Crippen LogP contribution in [0.2, 0.25) is 0 Å². The molecule has 0 aliphatic rings. The number of imidazole rings is 1. The van der Waals surface area contributed by atoms with Crippen LogP contribution in [0.3, 0.4) is 0 Å². The number of tetrazole rings is 1. The smallest absolute Gasteiger partial charge is 0.293 e. The summed E-state index contributed by atoms with van der Waals surface area (Å²) in [6, 6.07) is 9.24. The van der Waals surface area contributed by atoms with Crippen LogP contribution in [0.15, 0.2) is 42.7 Å². The van der Waals surface area contributed by atoms with Crippen molar-refractivity contribution in [3.05, 3.63) is 54.2 Å². The molecule has 0 fully saturated rings. The molecule has 30 heavy (non-hydrogen) atoms. The minimum Gasteiger partial charge on any atom is -0.483 e. The number of nitrogens with one attached hydrogen (secondary N) is 4. The second-order valence-electron chi connectivity index (χ2n) is 5.25. The van der Waals surface area contributed by atoms with Crippen LogP contribution >= 0.6 is 11.3 Å². The Hall–Kier alpha value is -4.46. The van der Waals surface area contributed by atoms with E-state index in [1.165, 1.54) is 23.7 Å². The first-order valence-corrected chi connectivity index (χ1v) is 8.93. The van der Waals surface area contributed by atoms with Crippen molar-refractivity contribution in [2.75, 3.05) is 10.6 Å². The molecule has 3 heterocycles. The van der Waals surface area contributed by atoms with Crippen LogP contribution < -0.4 is 10.6 Å². The monoisotopic (exact) mass is 427 g/mol. The summed E-state index contributed by atoms with van der Waals surface area (Å²) in [6.45, 7) is -0.250. The SMILES string of the molecule is O=C(Nc1nc(C(=O)Nc2nn[nH]n2)c(-c2ccccc2)s1)c1ncc[nH]1.O=CO. The zero-order chi connectivity index (χ0) is 21.3. The summed E-state index contributed by atoms with van der Waals surface area (Å²) in [4.78, 5) is 44.6. The van der Waals surface area contributed by atoms with E-state index in [-0.39, 0.29) is 29.1 Å². The molecule has 0 aliphatic heterocycles. The Bertz CT molecular complexity index is 1110. The third-order valence-electron chi connectivity index (χ3n) is 3.38. The van der Waals surface area contributed by atoms with Crippen LogP contribution in [-0.2, 0) is 4.79 Å². The van der Waals surface area contributed by atoms with E-state index in [0.717, 1.165) is 5.56 Å². The van der Waals surface area contributed by atoms with Crippen molar-refractivity contribution in [1.82, 2.24) is 35.6 Å². The summed E-state index contributed by atoms with van der Waals surface area (Å²) in [7, 11) is 0. The maximum Gasteiger partial charge on any atom is 0.293 e. The summed E-state index contributed by atoms with van der Waals surface area (Å²) in [5.74, 6) is -0.819. The van der Waals surface area contributed by atoms with Crippen LogP contribution in [0, 0.1) is 0 Å². The lowest BCUT2D eigenvalue weighted by Gasteiger charge is -2.01. The third-order valence-corrected chi connectivity index (χ3v) is 4.40. The normalized spacial score (nSPS) is 9.87. The lowest BCUT2D eigenvalue weighted by atomic mass is 10.1.